The van der Waals surface area contributed by atoms with Crippen molar-refractivity contribution in [3.8, 4) is 0 Å². The highest BCUT2D eigenvalue weighted by atomic mass is 35.5. The highest BCUT2D eigenvalue weighted by molar-refractivity contribution is 6.32. The Balaban J connectivity index is 1.81. The van der Waals surface area contributed by atoms with E-state index in [0.717, 1.165) is 12.0 Å². The number of aryl methyl sites for hydroxylation is 1. The lowest BCUT2D eigenvalue weighted by Crippen LogP contribution is -2.60. The van der Waals surface area contributed by atoms with Crippen LogP contribution in [-0.4, -0.2) is 51.2 Å². The van der Waals surface area contributed by atoms with Crippen molar-refractivity contribution < 1.29 is 9.59 Å². The van der Waals surface area contributed by atoms with Gasteiger partial charge in [-0.2, -0.15) is 0 Å². The average Bonchev–Trinajstić information content (AvgIpc) is 3.13. The number of nitrogens with two attached hydrogens (primary N) is 1. The lowest BCUT2D eigenvalue weighted by molar-refractivity contribution is -0.130. The highest BCUT2D eigenvalue weighted by Gasteiger charge is 2.32. The molecule has 0 aliphatic carbocycles. The zero-order chi connectivity index (χ0) is 27.7. The topological polar surface area (TPSA) is 129 Å². The number of hydrogen-bond donors (Lipinski definition) is 4. The van der Waals surface area contributed by atoms with E-state index in [1.54, 1.807) is 11.0 Å². The van der Waals surface area contributed by atoms with Crippen LogP contribution in [0.3, 0.4) is 0 Å². The molecule has 1 aromatic heterocycles. The van der Waals surface area contributed by atoms with Crippen LogP contribution in [0.25, 0.3) is 0 Å². The summed E-state index contributed by atoms with van der Waals surface area (Å²) >= 11 is 6.42. The Labute approximate surface area is 224 Å². The van der Waals surface area contributed by atoms with Crippen LogP contribution in [0.1, 0.15) is 80.2 Å². The smallest absolute Gasteiger partial charge is 0.270 e. The standard InChI is InChI=1S/C27H38ClN7O2/c1-8-15(3)35-22(12-31-25(30)18-10-19(27(5,6)7)20(28)11-21(18)29)32-16(4)24(35)26(37)33-17-13-34(14-17)23(36)9-2/h9-11,15,17H,2,8,12-14,29H2,1,3-7H3,(H2,30,31)(H,33,37). The Morgan fingerprint density at radius 3 is 2.57 bits per heavy atom. The minimum absolute atomic E-state index is 0.0151. The summed E-state index contributed by atoms with van der Waals surface area (Å²) in [7, 11) is 0. The van der Waals surface area contributed by atoms with Gasteiger partial charge in [0.1, 0.15) is 17.4 Å². The Bertz CT molecular complexity index is 1220. The first-order valence-electron chi connectivity index (χ1n) is 12.5. The van der Waals surface area contributed by atoms with Crippen molar-refractivity contribution in [1.29, 1.82) is 5.41 Å². The maximum absolute atomic E-state index is 13.2. The number of halogens is 1. The van der Waals surface area contributed by atoms with Gasteiger partial charge < -0.3 is 25.8 Å². The number of carbonyl (C=O) groups excluding carboxylic acids is 2. The number of carbonyl (C=O) groups is 2. The minimum Gasteiger partial charge on any atom is -0.398 e. The molecule has 0 radical (unpaired) electrons. The number of aromatic nitrogens is 2. The predicted molar refractivity (Wildman–Crippen MR) is 148 cm³/mol. The van der Waals surface area contributed by atoms with Gasteiger partial charge in [-0.25, -0.2) is 4.98 Å². The van der Waals surface area contributed by atoms with Gasteiger partial charge in [-0.05, 0) is 49.5 Å². The van der Waals surface area contributed by atoms with Crippen molar-refractivity contribution in [2.75, 3.05) is 18.8 Å². The summed E-state index contributed by atoms with van der Waals surface area (Å²) in [5.74, 6) is 0.447. The molecule has 200 valence electrons. The number of rotatable bonds is 8. The van der Waals surface area contributed by atoms with Crippen LogP contribution >= 0.6 is 11.6 Å². The lowest BCUT2D eigenvalue weighted by atomic mass is 9.85. The molecular formula is C27H38ClN7O2. The Morgan fingerprint density at radius 2 is 2.00 bits per heavy atom. The van der Waals surface area contributed by atoms with Gasteiger partial charge in [0.05, 0.1) is 18.3 Å². The molecule has 0 saturated carbocycles. The molecule has 0 spiro atoms. The summed E-state index contributed by atoms with van der Waals surface area (Å²) in [6.07, 6.45) is 2.07. The molecule has 1 saturated heterocycles. The van der Waals surface area contributed by atoms with E-state index in [0.29, 0.717) is 46.6 Å². The molecule has 9 nitrogen and oxygen atoms in total. The van der Waals surface area contributed by atoms with E-state index in [1.165, 1.54) is 6.08 Å². The van der Waals surface area contributed by atoms with E-state index in [9.17, 15) is 9.59 Å². The van der Waals surface area contributed by atoms with Gasteiger partial charge in [-0.1, -0.05) is 45.9 Å². The van der Waals surface area contributed by atoms with Crippen LogP contribution in [0.2, 0.25) is 5.02 Å². The number of imidazole rings is 1. The number of anilines is 1. The SMILES string of the molecule is C=CC(=O)N1CC(NC(=O)c2c(C)nc(CNC(=N)c3cc(C(C)(C)C)c(Cl)cc3N)n2C(C)CC)C1. The van der Waals surface area contributed by atoms with Crippen LogP contribution in [0, 0.1) is 12.3 Å². The fourth-order valence-electron chi connectivity index (χ4n) is 4.43. The molecule has 5 N–H and O–H groups in total. The zero-order valence-electron chi connectivity index (χ0n) is 22.5. The third kappa shape index (κ3) is 5.98. The Kier molecular flexibility index (Phi) is 8.37. The van der Waals surface area contributed by atoms with Gasteiger partial charge in [0.15, 0.2) is 0 Å². The maximum Gasteiger partial charge on any atom is 0.270 e. The third-order valence-electron chi connectivity index (χ3n) is 6.75. The molecule has 1 atom stereocenters. The monoisotopic (exact) mass is 527 g/mol. The second-order valence-corrected chi connectivity index (χ2v) is 11.0. The Morgan fingerprint density at radius 1 is 1.35 bits per heavy atom. The number of hydrogen-bond acceptors (Lipinski definition) is 5. The van der Waals surface area contributed by atoms with Gasteiger partial charge >= 0.3 is 0 Å². The molecule has 10 heteroatoms. The lowest BCUT2D eigenvalue weighted by Gasteiger charge is -2.39. The number of amides is 2. The zero-order valence-corrected chi connectivity index (χ0v) is 23.3. The average molecular weight is 528 g/mol. The quantitative estimate of drug-likeness (QED) is 0.179. The minimum atomic E-state index is -0.223. The van der Waals surface area contributed by atoms with E-state index in [2.05, 4.69) is 43.0 Å². The second-order valence-electron chi connectivity index (χ2n) is 10.6. The molecule has 2 aromatic rings. The van der Waals surface area contributed by atoms with Crippen molar-refractivity contribution >= 4 is 34.9 Å². The van der Waals surface area contributed by atoms with Gasteiger partial charge in [0.25, 0.3) is 5.91 Å². The van der Waals surface area contributed by atoms with Crippen LogP contribution in [0.4, 0.5) is 5.69 Å². The van der Waals surface area contributed by atoms with Crippen molar-refractivity contribution in [2.24, 2.45) is 0 Å². The number of benzene rings is 1. The van der Waals surface area contributed by atoms with Gasteiger partial charge in [-0.3, -0.25) is 15.0 Å². The van der Waals surface area contributed by atoms with Gasteiger partial charge in [0, 0.05) is 35.4 Å². The molecule has 2 amide bonds. The molecule has 1 aliphatic rings. The first-order valence-corrected chi connectivity index (χ1v) is 12.9. The van der Waals surface area contributed by atoms with Crippen LogP contribution in [0.5, 0.6) is 0 Å². The molecule has 2 heterocycles. The Hall–Kier alpha value is -3.33. The molecule has 0 bridgehead atoms. The van der Waals surface area contributed by atoms with Crippen LogP contribution < -0.4 is 16.4 Å². The van der Waals surface area contributed by atoms with Crippen molar-refractivity contribution in [3.05, 3.63) is 58.1 Å². The van der Waals surface area contributed by atoms with E-state index in [-0.39, 0.29) is 41.7 Å². The summed E-state index contributed by atoms with van der Waals surface area (Å²) < 4.78 is 1.93. The van der Waals surface area contributed by atoms with Crippen LogP contribution in [0.15, 0.2) is 24.8 Å². The van der Waals surface area contributed by atoms with E-state index in [4.69, 9.17) is 22.7 Å². The summed E-state index contributed by atoms with van der Waals surface area (Å²) in [4.78, 5) is 31.3. The maximum atomic E-state index is 13.2. The fraction of sp³-hybridized carbons (Fsp3) is 0.481. The molecular weight excluding hydrogens is 490 g/mol. The molecule has 37 heavy (non-hydrogen) atoms. The first kappa shape index (κ1) is 28.2. The number of nitrogens with one attached hydrogen (secondary N) is 3. The largest absolute Gasteiger partial charge is 0.398 e. The number of nitrogens with zero attached hydrogens (tertiary/aromatic N) is 3. The number of likely N-dealkylation sites (tertiary alicyclic amines) is 1. The van der Waals surface area contributed by atoms with E-state index in [1.807, 2.05) is 31.4 Å². The van der Waals surface area contributed by atoms with Crippen molar-refractivity contribution in [3.63, 3.8) is 0 Å². The highest BCUT2D eigenvalue weighted by Crippen LogP contribution is 2.33. The van der Waals surface area contributed by atoms with Crippen LogP contribution in [-0.2, 0) is 16.8 Å². The third-order valence-corrected chi connectivity index (χ3v) is 7.06. The van der Waals surface area contributed by atoms with Crippen molar-refractivity contribution in [2.45, 2.75) is 72.0 Å². The normalized spacial score (nSPS) is 14.6. The molecule has 3 rings (SSSR count). The van der Waals surface area contributed by atoms with Gasteiger partial charge in [0.2, 0.25) is 5.91 Å². The number of amidine groups is 1. The molecule has 1 aliphatic heterocycles. The molecule has 1 unspecified atom stereocenters. The molecule has 1 fully saturated rings. The van der Waals surface area contributed by atoms with Crippen molar-refractivity contribution in [1.82, 2.24) is 25.1 Å². The van der Waals surface area contributed by atoms with E-state index >= 15 is 0 Å². The second kappa shape index (κ2) is 11.0. The summed E-state index contributed by atoms with van der Waals surface area (Å²) in [5.41, 5.74) is 8.99. The van der Waals surface area contributed by atoms with E-state index < -0.39 is 0 Å². The summed E-state index contributed by atoms with van der Waals surface area (Å²) in [5, 5.41) is 15.4. The summed E-state index contributed by atoms with van der Waals surface area (Å²) in [6.45, 7) is 16.7. The fourth-order valence-corrected chi connectivity index (χ4v) is 4.89. The number of nitrogen functional groups attached to an aromatic ring is 1. The first-order chi connectivity index (χ1) is 17.3. The van der Waals surface area contributed by atoms with Gasteiger partial charge in [-0.15, -0.1) is 0 Å². The molecule has 1 aromatic carbocycles. The predicted octanol–water partition coefficient (Wildman–Crippen LogP) is 3.94. The summed E-state index contributed by atoms with van der Waals surface area (Å²) in [6, 6.07) is 3.44.